The number of halogens is 1. The topological polar surface area (TPSA) is 84.9 Å². The van der Waals surface area contributed by atoms with Crippen molar-refractivity contribution in [2.45, 2.75) is 6.42 Å². The molecule has 1 fully saturated rings. The van der Waals surface area contributed by atoms with Gasteiger partial charge >= 0.3 is 5.97 Å². The van der Waals surface area contributed by atoms with Gasteiger partial charge in [-0.2, -0.15) is 0 Å². The second kappa shape index (κ2) is 8.51. The van der Waals surface area contributed by atoms with Gasteiger partial charge in [0.15, 0.2) is 6.61 Å². The van der Waals surface area contributed by atoms with E-state index in [1.165, 1.54) is 36.3 Å². The minimum absolute atomic E-state index is 0.00955. The van der Waals surface area contributed by atoms with Gasteiger partial charge in [-0.15, -0.1) is 0 Å². The fourth-order valence-electron chi connectivity index (χ4n) is 2.88. The molecule has 0 aliphatic carbocycles. The number of nitrogens with zero attached hydrogens (tertiary/aromatic N) is 1. The third-order valence-corrected chi connectivity index (χ3v) is 4.30. The van der Waals surface area contributed by atoms with Crippen molar-refractivity contribution in [1.82, 2.24) is 0 Å². The van der Waals surface area contributed by atoms with Gasteiger partial charge in [-0.1, -0.05) is 6.07 Å². The van der Waals surface area contributed by atoms with Crippen molar-refractivity contribution >= 4 is 29.2 Å². The molecule has 1 aliphatic rings. The first-order valence-corrected chi connectivity index (χ1v) is 8.62. The second-order valence-electron chi connectivity index (χ2n) is 6.27. The number of methoxy groups -OCH3 is 1. The standard InChI is InChI=1S/C20H19FN2O5/c1-27-17-4-2-3-16(10-17)23-11-13(9-19(23)25)20(26)28-12-18(24)22-15-7-5-14(21)6-8-15/h2-8,10,13H,9,11-12H2,1H3,(H,22,24)/t13-/m1/s1. The van der Waals surface area contributed by atoms with Crippen LogP contribution >= 0.6 is 0 Å². The van der Waals surface area contributed by atoms with Gasteiger partial charge in [0.25, 0.3) is 5.91 Å². The van der Waals surface area contributed by atoms with E-state index >= 15 is 0 Å². The molecule has 3 rings (SSSR count). The van der Waals surface area contributed by atoms with E-state index < -0.39 is 30.2 Å². The second-order valence-corrected chi connectivity index (χ2v) is 6.27. The van der Waals surface area contributed by atoms with Crippen LogP contribution in [-0.4, -0.2) is 38.0 Å². The lowest BCUT2D eigenvalue weighted by Gasteiger charge is -2.17. The number of anilines is 2. The van der Waals surface area contributed by atoms with Gasteiger partial charge in [0.1, 0.15) is 11.6 Å². The van der Waals surface area contributed by atoms with Gasteiger partial charge in [0.05, 0.1) is 13.0 Å². The first-order chi connectivity index (χ1) is 13.5. The summed E-state index contributed by atoms with van der Waals surface area (Å²) in [5.41, 5.74) is 1.02. The molecule has 146 valence electrons. The average molecular weight is 386 g/mol. The predicted octanol–water partition coefficient (Wildman–Crippen LogP) is 2.37. The van der Waals surface area contributed by atoms with Crippen LogP contribution in [0.1, 0.15) is 6.42 Å². The number of ether oxygens (including phenoxy) is 2. The first-order valence-electron chi connectivity index (χ1n) is 8.62. The Morgan fingerprint density at radius 3 is 2.68 bits per heavy atom. The molecule has 2 aromatic rings. The van der Waals surface area contributed by atoms with Crippen LogP contribution in [0.5, 0.6) is 5.75 Å². The Balaban J connectivity index is 1.52. The zero-order chi connectivity index (χ0) is 20.1. The highest BCUT2D eigenvalue weighted by Crippen LogP contribution is 2.28. The van der Waals surface area contributed by atoms with E-state index in [4.69, 9.17) is 9.47 Å². The summed E-state index contributed by atoms with van der Waals surface area (Å²) in [7, 11) is 1.53. The Morgan fingerprint density at radius 1 is 1.21 bits per heavy atom. The van der Waals surface area contributed by atoms with Crippen LogP contribution in [0.3, 0.4) is 0 Å². The molecule has 0 spiro atoms. The van der Waals surface area contributed by atoms with Crippen molar-refractivity contribution in [1.29, 1.82) is 0 Å². The zero-order valence-corrected chi connectivity index (χ0v) is 15.2. The Kier molecular flexibility index (Phi) is 5.88. The molecule has 0 aromatic heterocycles. The highest BCUT2D eigenvalue weighted by molar-refractivity contribution is 6.00. The van der Waals surface area contributed by atoms with Crippen LogP contribution in [0, 0.1) is 11.7 Å². The van der Waals surface area contributed by atoms with E-state index in [9.17, 15) is 18.8 Å². The summed E-state index contributed by atoms with van der Waals surface area (Å²) in [5.74, 6) is -1.84. The van der Waals surface area contributed by atoms with E-state index in [0.717, 1.165) is 0 Å². The fraction of sp³-hybridized carbons (Fsp3) is 0.250. The lowest BCUT2D eigenvalue weighted by atomic mass is 10.1. The molecule has 28 heavy (non-hydrogen) atoms. The normalized spacial score (nSPS) is 16.0. The lowest BCUT2D eigenvalue weighted by molar-refractivity contribution is -0.151. The van der Waals surface area contributed by atoms with Crippen molar-refractivity contribution in [3.8, 4) is 5.75 Å². The number of carbonyl (C=O) groups excluding carboxylic acids is 3. The molecular formula is C20H19FN2O5. The van der Waals surface area contributed by atoms with Crippen LogP contribution in [0.25, 0.3) is 0 Å². The molecule has 8 heteroatoms. The maximum absolute atomic E-state index is 12.9. The number of hydrogen-bond acceptors (Lipinski definition) is 5. The van der Waals surface area contributed by atoms with E-state index in [1.807, 2.05) is 0 Å². The van der Waals surface area contributed by atoms with Crippen LogP contribution in [0.15, 0.2) is 48.5 Å². The summed E-state index contributed by atoms with van der Waals surface area (Å²) in [5, 5.41) is 2.50. The molecule has 1 heterocycles. The highest BCUT2D eigenvalue weighted by atomic mass is 19.1. The number of amides is 2. The number of carbonyl (C=O) groups is 3. The quantitative estimate of drug-likeness (QED) is 0.771. The third kappa shape index (κ3) is 4.64. The monoisotopic (exact) mass is 386 g/mol. The molecule has 0 saturated carbocycles. The Bertz CT molecular complexity index is 884. The number of nitrogens with one attached hydrogen (secondary N) is 1. The Labute approximate surface area is 161 Å². The van der Waals surface area contributed by atoms with Crippen molar-refractivity contribution < 1.29 is 28.2 Å². The van der Waals surface area contributed by atoms with Crippen molar-refractivity contribution in [3.63, 3.8) is 0 Å². The molecule has 1 atom stereocenters. The smallest absolute Gasteiger partial charge is 0.311 e. The van der Waals surface area contributed by atoms with E-state index in [2.05, 4.69) is 5.32 Å². The number of rotatable bonds is 6. The molecule has 1 aliphatic heterocycles. The van der Waals surface area contributed by atoms with Crippen molar-refractivity contribution in [3.05, 3.63) is 54.3 Å². The minimum Gasteiger partial charge on any atom is -0.497 e. The maximum atomic E-state index is 12.9. The minimum atomic E-state index is -0.655. The van der Waals surface area contributed by atoms with E-state index in [-0.39, 0.29) is 18.9 Å². The van der Waals surface area contributed by atoms with Crippen LogP contribution in [-0.2, 0) is 19.1 Å². The van der Waals surface area contributed by atoms with E-state index in [1.54, 1.807) is 24.3 Å². The van der Waals surface area contributed by atoms with Crippen LogP contribution < -0.4 is 15.0 Å². The number of benzene rings is 2. The molecule has 0 bridgehead atoms. The van der Waals surface area contributed by atoms with Gasteiger partial charge in [-0.3, -0.25) is 14.4 Å². The van der Waals surface area contributed by atoms with Gasteiger partial charge in [0, 0.05) is 30.4 Å². The third-order valence-electron chi connectivity index (χ3n) is 4.30. The molecule has 0 radical (unpaired) electrons. The highest BCUT2D eigenvalue weighted by Gasteiger charge is 2.36. The SMILES string of the molecule is COc1cccc(N2C[C@H](C(=O)OCC(=O)Nc3ccc(F)cc3)CC2=O)c1. The average Bonchev–Trinajstić information content (AvgIpc) is 3.10. The summed E-state index contributed by atoms with van der Waals surface area (Å²) in [4.78, 5) is 37.9. The predicted molar refractivity (Wildman–Crippen MR) is 99.4 cm³/mol. The largest absolute Gasteiger partial charge is 0.497 e. The molecule has 2 aromatic carbocycles. The maximum Gasteiger partial charge on any atom is 0.311 e. The van der Waals surface area contributed by atoms with Crippen LogP contribution in [0.4, 0.5) is 15.8 Å². The van der Waals surface area contributed by atoms with Crippen molar-refractivity contribution in [2.75, 3.05) is 30.5 Å². The Morgan fingerprint density at radius 2 is 1.96 bits per heavy atom. The lowest BCUT2D eigenvalue weighted by Crippen LogP contribution is -2.28. The summed E-state index contributed by atoms with van der Waals surface area (Å²) in [6.45, 7) is -0.315. The summed E-state index contributed by atoms with van der Waals surface area (Å²) >= 11 is 0. The van der Waals surface area contributed by atoms with Crippen molar-refractivity contribution in [2.24, 2.45) is 5.92 Å². The molecule has 7 nitrogen and oxygen atoms in total. The summed E-state index contributed by atoms with van der Waals surface area (Å²) < 4.78 is 23.0. The molecular weight excluding hydrogens is 367 g/mol. The summed E-state index contributed by atoms with van der Waals surface area (Å²) in [6, 6.07) is 12.2. The number of hydrogen-bond donors (Lipinski definition) is 1. The number of esters is 1. The van der Waals surface area contributed by atoms with Crippen LogP contribution in [0.2, 0.25) is 0 Å². The Hall–Kier alpha value is -3.42. The molecule has 2 amide bonds. The molecule has 1 saturated heterocycles. The first kappa shape index (κ1) is 19.3. The van der Waals surface area contributed by atoms with Gasteiger partial charge in [-0.05, 0) is 36.4 Å². The van der Waals surface area contributed by atoms with Gasteiger partial charge < -0.3 is 19.7 Å². The molecule has 0 unspecified atom stereocenters. The molecule has 1 N–H and O–H groups in total. The fourth-order valence-corrected chi connectivity index (χ4v) is 2.88. The van der Waals surface area contributed by atoms with E-state index in [0.29, 0.717) is 17.1 Å². The summed E-state index contributed by atoms with van der Waals surface area (Å²) in [6.07, 6.45) is 0.00955. The van der Waals surface area contributed by atoms with Gasteiger partial charge in [0.2, 0.25) is 5.91 Å². The van der Waals surface area contributed by atoms with Gasteiger partial charge in [-0.25, -0.2) is 4.39 Å². The zero-order valence-electron chi connectivity index (χ0n) is 15.2.